The highest BCUT2D eigenvalue weighted by atomic mass is 16.5. The van der Waals surface area contributed by atoms with E-state index < -0.39 is 0 Å². The summed E-state index contributed by atoms with van der Waals surface area (Å²) in [5, 5.41) is 15.7. The minimum Gasteiger partial charge on any atom is -0.497 e. The van der Waals surface area contributed by atoms with Gasteiger partial charge in [0.1, 0.15) is 11.4 Å². The number of aliphatic imine (C=N–C) groups is 1. The molecule has 2 aromatic carbocycles. The molecule has 240 valence electrons. The van der Waals surface area contributed by atoms with Crippen LogP contribution in [0.15, 0.2) is 47.5 Å². The van der Waals surface area contributed by atoms with Gasteiger partial charge in [0.25, 0.3) is 0 Å². The molecule has 0 saturated carbocycles. The van der Waals surface area contributed by atoms with Crippen LogP contribution in [0.25, 0.3) is 0 Å². The van der Waals surface area contributed by atoms with Crippen LogP contribution < -0.4 is 41.2 Å². The van der Waals surface area contributed by atoms with Crippen LogP contribution in [0.4, 0.5) is 35.2 Å². The third kappa shape index (κ3) is 6.77. The van der Waals surface area contributed by atoms with Crippen LogP contribution in [0.5, 0.6) is 23.3 Å². The summed E-state index contributed by atoms with van der Waals surface area (Å²) in [6.45, 7) is 2.56. The zero-order valence-electron chi connectivity index (χ0n) is 25.4. The maximum atomic E-state index is 9.31. The molecular formula is C30H35N11O5. The van der Waals surface area contributed by atoms with Gasteiger partial charge in [-0.3, -0.25) is 0 Å². The molecule has 2 aliphatic heterocycles. The molecule has 6 rings (SSSR count). The van der Waals surface area contributed by atoms with Crippen molar-refractivity contribution in [3.8, 4) is 23.3 Å². The van der Waals surface area contributed by atoms with Crippen LogP contribution in [0.3, 0.4) is 0 Å². The third-order valence-electron chi connectivity index (χ3n) is 7.39. The number of methoxy groups -OCH3 is 2. The number of nitrogens with two attached hydrogens (primary N) is 2. The second-order valence-electron chi connectivity index (χ2n) is 10.4. The van der Waals surface area contributed by atoms with E-state index in [2.05, 4.69) is 35.6 Å². The quantitative estimate of drug-likeness (QED) is 0.170. The highest BCUT2D eigenvalue weighted by Crippen LogP contribution is 2.40. The highest BCUT2D eigenvalue weighted by Gasteiger charge is 2.26. The van der Waals surface area contributed by atoms with E-state index in [4.69, 9.17) is 35.4 Å². The molecule has 2 aromatic heterocycles. The number of anilines is 5. The summed E-state index contributed by atoms with van der Waals surface area (Å²) in [4.78, 5) is 28.8. The second-order valence-corrected chi connectivity index (χ2v) is 10.4. The van der Waals surface area contributed by atoms with Crippen molar-refractivity contribution in [1.82, 2.24) is 24.9 Å². The lowest BCUT2D eigenvalue weighted by Crippen LogP contribution is -2.37. The molecule has 0 radical (unpaired) electrons. The Bertz CT molecular complexity index is 1710. The number of morpholine rings is 1. The van der Waals surface area contributed by atoms with E-state index in [0.717, 1.165) is 22.6 Å². The lowest BCUT2D eigenvalue weighted by molar-refractivity contribution is 0.122. The summed E-state index contributed by atoms with van der Waals surface area (Å²) in [5.74, 6) is 2.93. The fourth-order valence-electron chi connectivity index (χ4n) is 5.08. The number of nitrogens with zero attached hydrogens (tertiary/aromatic N) is 7. The van der Waals surface area contributed by atoms with Gasteiger partial charge in [0.2, 0.25) is 17.8 Å². The number of ether oxygens (including phenoxy) is 4. The molecule has 1 fully saturated rings. The number of aromatic nitrogens is 5. The van der Waals surface area contributed by atoms with Gasteiger partial charge in [-0.2, -0.15) is 24.9 Å². The van der Waals surface area contributed by atoms with Crippen molar-refractivity contribution in [1.29, 1.82) is 0 Å². The number of rotatable bonds is 10. The molecule has 4 aromatic rings. The van der Waals surface area contributed by atoms with Crippen molar-refractivity contribution in [2.24, 2.45) is 4.99 Å². The lowest BCUT2D eigenvalue weighted by Gasteiger charge is -2.27. The van der Waals surface area contributed by atoms with E-state index >= 15 is 0 Å². The minimum absolute atomic E-state index is 0.0357. The molecule has 1 atom stereocenters. The molecule has 2 aliphatic rings. The number of aliphatic hydroxyl groups excluding tert-OH is 1. The normalized spacial score (nSPS) is 16.0. The van der Waals surface area contributed by atoms with E-state index in [0.29, 0.717) is 61.7 Å². The van der Waals surface area contributed by atoms with Gasteiger partial charge in [-0.15, -0.1) is 0 Å². The van der Waals surface area contributed by atoms with E-state index in [9.17, 15) is 5.11 Å². The first-order valence-electron chi connectivity index (χ1n) is 14.6. The number of benzene rings is 2. The molecular weight excluding hydrogens is 594 g/mol. The average molecular weight is 630 g/mol. The van der Waals surface area contributed by atoms with Crippen LogP contribution in [0.1, 0.15) is 23.6 Å². The van der Waals surface area contributed by atoms with Crippen LogP contribution in [-0.4, -0.2) is 89.4 Å². The fourth-order valence-corrected chi connectivity index (χ4v) is 5.08. The number of hydrogen-bond donors (Lipinski definition) is 5. The number of nitrogen functional groups attached to an aromatic ring is 2. The predicted molar refractivity (Wildman–Crippen MR) is 173 cm³/mol. The molecule has 0 spiro atoms. The van der Waals surface area contributed by atoms with Crippen molar-refractivity contribution >= 4 is 40.9 Å². The Hall–Kier alpha value is -5.48. The SMILES string of the molecule is COc1ccc(C2=Nc3c(N)nc(N)nc3NC(c3ccc(Oc4nc(NCCO)nc(N5CCOCC5)n4)c(OC)c3)C2)cc1. The summed E-state index contributed by atoms with van der Waals surface area (Å²) >= 11 is 0. The second kappa shape index (κ2) is 13.7. The number of nitrogens with one attached hydrogen (secondary N) is 2. The summed E-state index contributed by atoms with van der Waals surface area (Å²) in [5.41, 5.74) is 15.1. The van der Waals surface area contributed by atoms with Gasteiger partial charge in [-0.05, 0) is 47.5 Å². The van der Waals surface area contributed by atoms with Gasteiger partial charge >= 0.3 is 6.01 Å². The van der Waals surface area contributed by atoms with Gasteiger partial charge in [0.05, 0.1) is 45.8 Å². The molecule has 16 nitrogen and oxygen atoms in total. The van der Waals surface area contributed by atoms with Crippen LogP contribution >= 0.6 is 0 Å². The summed E-state index contributed by atoms with van der Waals surface area (Å²) in [6, 6.07) is 13.0. The lowest BCUT2D eigenvalue weighted by atomic mass is 9.97. The van der Waals surface area contributed by atoms with Crippen molar-refractivity contribution in [2.75, 3.05) is 80.7 Å². The highest BCUT2D eigenvalue weighted by molar-refractivity contribution is 6.04. The van der Waals surface area contributed by atoms with Gasteiger partial charge in [-0.1, -0.05) is 6.07 Å². The van der Waals surface area contributed by atoms with Crippen molar-refractivity contribution in [3.63, 3.8) is 0 Å². The van der Waals surface area contributed by atoms with E-state index in [-0.39, 0.29) is 42.9 Å². The first-order valence-corrected chi connectivity index (χ1v) is 14.6. The smallest absolute Gasteiger partial charge is 0.328 e. The molecule has 1 saturated heterocycles. The standard InChI is InChI=1S/C30H35N11O5/c1-43-19-6-3-17(4-7-19)20-16-21(35-26-24(34-20)25(31)36-27(32)37-26)18-5-8-22(23(15-18)44-2)46-30-39-28(33-9-12-42)38-29(40-30)41-10-13-45-14-11-41/h3-8,15,21,42H,9-14,16H2,1-2H3,(H,33,38,39,40)(H5,31,32,35,36,37). The first kappa shape index (κ1) is 30.5. The molecule has 7 N–H and O–H groups in total. The van der Waals surface area contributed by atoms with Gasteiger partial charge < -0.3 is 51.1 Å². The zero-order chi connectivity index (χ0) is 32.0. The maximum Gasteiger partial charge on any atom is 0.328 e. The molecule has 0 bridgehead atoms. The summed E-state index contributed by atoms with van der Waals surface area (Å²) in [6.07, 6.45) is 0.474. The molecule has 0 aliphatic carbocycles. The Morgan fingerprint density at radius 3 is 2.52 bits per heavy atom. The Kier molecular flexibility index (Phi) is 9.07. The Morgan fingerprint density at radius 2 is 1.78 bits per heavy atom. The maximum absolute atomic E-state index is 9.31. The average Bonchev–Trinajstić information content (AvgIpc) is 3.28. The molecule has 46 heavy (non-hydrogen) atoms. The van der Waals surface area contributed by atoms with E-state index in [1.807, 2.05) is 41.3 Å². The number of fused-ring (bicyclic) bond motifs is 1. The molecule has 16 heteroatoms. The predicted octanol–water partition coefficient (Wildman–Crippen LogP) is 2.55. The largest absolute Gasteiger partial charge is 0.497 e. The zero-order valence-corrected chi connectivity index (χ0v) is 25.4. The van der Waals surface area contributed by atoms with Crippen molar-refractivity contribution in [3.05, 3.63) is 53.6 Å². The Morgan fingerprint density at radius 1 is 0.978 bits per heavy atom. The fraction of sp³-hybridized carbons (Fsp3) is 0.333. The third-order valence-corrected chi connectivity index (χ3v) is 7.39. The Labute approximate surface area is 264 Å². The van der Waals surface area contributed by atoms with Gasteiger partial charge in [-0.25, -0.2) is 4.99 Å². The number of aliphatic hydroxyl groups is 1. The van der Waals surface area contributed by atoms with Crippen LogP contribution in [0.2, 0.25) is 0 Å². The first-order chi connectivity index (χ1) is 22.4. The summed E-state index contributed by atoms with van der Waals surface area (Å²) < 4.78 is 22.7. The molecule has 1 unspecified atom stereocenters. The van der Waals surface area contributed by atoms with Gasteiger partial charge in [0, 0.05) is 26.1 Å². The van der Waals surface area contributed by atoms with E-state index in [1.165, 1.54) is 0 Å². The summed E-state index contributed by atoms with van der Waals surface area (Å²) in [7, 11) is 3.18. The Balaban J connectivity index is 1.32. The van der Waals surface area contributed by atoms with Crippen LogP contribution in [-0.2, 0) is 4.74 Å². The van der Waals surface area contributed by atoms with Crippen molar-refractivity contribution in [2.45, 2.75) is 12.5 Å². The molecule has 4 heterocycles. The minimum atomic E-state index is -0.307. The topological polar surface area (TPSA) is 213 Å². The van der Waals surface area contributed by atoms with Gasteiger partial charge in [0.15, 0.2) is 23.1 Å². The monoisotopic (exact) mass is 629 g/mol. The molecule has 0 amide bonds. The van der Waals surface area contributed by atoms with Crippen molar-refractivity contribution < 1.29 is 24.1 Å². The number of hydrogen-bond acceptors (Lipinski definition) is 16. The van der Waals surface area contributed by atoms with Crippen LogP contribution in [0, 0.1) is 0 Å². The van der Waals surface area contributed by atoms with E-state index in [1.54, 1.807) is 20.3 Å².